The zero-order valence-corrected chi connectivity index (χ0v) is 12.7. The highest BCUT2D eigenvalue weighted by atomic mass is 35.7. The van der Waals surface area contributed by atoms with Crippen LogP contribution in [0.15, 0.2) is 17.0 Å². The Bertz CT molecular complexity index is 668. The van der Waals surface area contributed by atoms with Crippen LogP contribution in [0, 0.1) is 12.7 Å². The molecule has 0 saturated heterocycles. The quantitative estimate of drug-likeness (QED) is 0.871. The van der Waals surface area contributed by atoms with Crippen molar-refractivity contribution in [1.29, 1.82) is 0 Å². The van der Waals surface area contributed by atoms with E-state index in [1.807, 2.05) is 6.92 Å². The molecular formula is C13H15ClFNO3S. The second-order valence-corrected chi connectivity index (χ2v) is 7.92. The zero-order valence-electron chi connectivity index (χ0n) is 11.2. The third kappa shape index (κ3) is 2.96. The molecule has 1 N–H and O–H groups in total. The van der Waals surface area contributed by atoms with E-state index >= 15 is 0 Å². The van der Waals surface area contributed by atoms with E-state index in [0.29, 0.717) is 0 Å². The molecule has 1 saturated carbocycles. The molecule has 0 unspecified atom stereocenters. The highest BCUT2D eigenvalue weighted by Crippen LogP contribution is 2.31. The van der Waals surface area contributed by atoms with Crippen LogP contribution in [0.4, 0.5) is 4.39 Å². The summed E-state index contributed by atoms with van der Waals surface area (Å²) in [7, 11) is 1.16. The summed E-state index contributed by atoms with van der Waals surface area (Å²) in [5, 5.41) is 2.79. The van der Waals surface area contributed by atoms with Gasteiger partial charge in [0.15, 0.2) is 0 Å². The third-order valence-corrected chi connectivity index (χ3v) is 5.14. The van der Waals surface area contributed by atoms with Gasteiger partial charge in [0, 0.05) is 27.3 Å². The Balaban J connectivity index is 2.38. The predicted molar refractivity (Wildman–Crippen MR) is 73.9 cm³/mol. The maximum Gasteiger partial charge on any atom is 0.261 e. The van der Waals surface area contributed by atoms with Gasteiger partial charge in [0.05, 0.1) is 4.90 Å². The second kappa shape index (κ2) is 5.00. The Labute approximate surface area is 121 Å². The summed E-state index contributed by atoms with van der Waals surface area (Å²) >= 11 is 0. The first kappa shape index (κ1) is 15.3. The van der Waals surface area contributed by atoms with Gasteiger partial charge in [-0.1, -0.05) is 0 Å². The molecule has 110 valence electrons. The van der Waals surface area contributed by atoms with Gasteiger partial charge in [0.2, 0.25) is 0 Å². The minimum absolute atomic E-state index is 0.0413. The Morgan fingerprint density at radius 2 is 2.00 bits per heavy atom. The van der Waals surface area contributed by atoms with E-state index in [4.69, 9.17) is 10.7 Å². The van der Waals surface area contributed by atoms with Crippen LogP contribution < -0.4 is 5.32 Å². The molecule has 0 aliphatic heterocycles. The number of nitrogens with one attached hydrogen (secondary N) is 1. The van der Waals surface area contributed by atoms with E-state index in [0.717, 1.165) is 31.4 Å². The smallest absolute Gasteiger partial charge is 0.261 e. The van der Waals surface area contributed by atoms with Crippen molar-refractivity contribution >= 4 is 25.6 Å². The van der Waals surface area contributed by atoms with Crippen LogP contribution in [0.25, 0.3) is 0 Å². The molecule has 4 nitrogen and oxygen atoms in total. The minimum atomic E-state index is -4.10. The summed E-state index contributed by atoms with van der Waals surface area (Å²) in [6.07, 6.45) is 2.74. The highest BCUT2D eigenvalue weighted by molar-refractivity contribution is 8.13. The van der Waals surface area contributed by atoms with E-state index in [9.17, 15) is 17.6 Å². The van der Waals surface area contributed by atoms with Gasteiger partial charge in [-0.15, -0.1) is 0 Å². The first-order valence-corrected chi connectivity index (χ1v) is 8.51. The Morgan fingerprint density at radius 1 is 1.40 bits per heavy atom. The number of benzene rings is 1. The van der Waals surface area contributed by atoms with E-state index in [-0.39, 0.29) is 21.6 Å². The summed E-state index contributed by atoms with van der Waals surface area (Å²) in [6, 6.07) is 2.14. The largest absolute Gasteiger partial charge is 0.347 e. The van der Waals surface area contributed by atoms with Crippen LogP contribution >= 0.6 is 10.7 Å². The maximum atomic E-state index is 13.8. The van der Waals surface area contributed by atoms with Crippen LogP contribution in [-0.4, -0.2) is 19.9 Å². The van der Waals surface area contributed by atoms with Crippen molar-refractivity contribution in [2.75, 3.05) is 0 Å². The zero-order chi connectivity index (χ0) is 15.1. The first-order chi connectivity index (χ1) is 9.12. The van der Waals surface area contributed by atoms with Crippen molar-refractivity contribution in [3.05, 3.63) is 29.1 Å². The molecule has 0 radical (unpaired) electrons. The standard InChI is InChI=1S/C13H15ClFNO3S/c1-8-10(15)6-9(7-11(8)20(14,18)19)12(17)16-13(2)4-3-5-13/h6-7H,3-5H2,1-2H3,(H,16,17). The lowest BCUT2D eigenvalue weighted by Crippen LogP contribution is -2.50. The SMILES string of the molecule is Cc1c(F)cc(C(=O)NC2(C)CCC2)cc1S(=O)(=O)Cl. The third-order valence-electron chi connectivity index (χ3n) is 3.69. The van der Waals surface area contributed by atoms with Gasteiger partial charge in [-0.2, -0.15) is 0 Å². The van der Waals surface area contributed by atoms with Crippen LogP contribution in [-0.2, 0) is 9.05 Å². The van der Waals surface area contributed by atoms with Gasteiger partial charge in [0.25, 0.3) is 15.0 Å². The molecule has 0 bridgehead atoms. The molecule has 0 spiro atoms. The van der Waals surface area contributed by atoms with Gasteiger partial charge in [-0.25, -0.2) is 12.8 Å². The van der Waals surface area contributed by atoms with E-state index < -0.39 is 20.8 Å². The topological polar surface area (TPSA) is 63.2 Å². The van der Waals surface area contributed by atoms with Gasteiger partial charge in [0.1, 0.15) is 5.82 Å². The highest BCUT2D eigenvalue weighted by Gasteiger charge is 2.33. The number of halogens is 2. The van der Waals surface area contributed by atoms with Gasteiger partial charge in [-0.3, -0.25) is 4.79 Å². The number of hydrogen-bond donors (Lipinski definition) is 1. The van der Waals surface area contributed by atoms with E-state index in [1.165, 1.54) is 6.92 Å². The fraction of sp³-hybridized carbons (Fsp3) is 0.462. The van der Waals surface area contributed by atoms with Crippen molar-refractivity contribution in [3.8, 4) is 0 Å². The molecule has 0 heterocycles. The molecule has 1 aromatic rings. The number of amides is 1. The molecule has 0 atom stereocenters. The summed E-state index contributed by atoms with van der Waals surface area (Å²) in [5.41, 5.74) is -0.426. The van der Waals surface area contributed by atoms with Crippen molar-refractivity contribution in [1.82, 2.24) is 5.32 Å². The molecule has 2 rings (SSSR count). The average Bonchev–Trinajstić information content (AvgIpc) is 2.28. The molecule has 20 heavy (non-hydrogen) atoms. The lowest BCUT2D eigenvalue weighted by Gasteiger charge is -2.39. The first-order valence-electron chi connectivity index (χ1n) is 6.20. The molecule has 1 fully saturated rings. The van der Waals surface area contributed by atoms with E-state index in [1.54, 1.807) is 0 Å². The summed E-state index contributed by atoms with van der Waals surface area (Å²) < 4.78 is 36.6. The summed E-state index contributed by atoms with van der Waals surface area (Å²) in [4.78, 5) is 11.7. The van der Waals surface area contributed by atoms with Crippen molar-refractivity contribution in [2.45, 2.75) is 43.5 Å². The normalized spacial score (nSPS) is 17.4. The van der Waals surface area contributed by atoms with Crippen molar-refractivity contribution in [3.63, 3.8) is 0 Å². The second-order valence-electron chi connectivity index (χ2n) is 5.39. The number of carbonyl (C=O) groups excluding carboxylic acids is 1. The molecule has 1 amide bonds. The summed E-state index contributed by atoms with van der Waals surface area (Å²) in [6.45, 7) is 3.21. The summed E-state index contributed by atoms with van der Waals surface area (Å²) in [5.74, 6) is -1.26. The predicted octanol–water partition coefficient (Wildman–Crippen LogP) is 2.73. The molecule has 1 aromatic carbocycles. The molecule has 1 aliphatic rings. The van der Waals surface area contributed by atoms with Crippen LogP contribution in [0.5, 0.6) is 0 Å². The average molecular weight is 320 g/mol. The maximum absolute atomic E-state index is 13.8. The van der Waals surface area contributed by atoms with Crippen LogP contribution in [0.1, 0.15) is 42.1 Å². The monoisotopic (exact) mass is 319 g/mol. The number of hydrogen-bond acceptors (Lipinski definition) is 3. The molecule has 1 aliphatic carbocycles. The van der Waals surface area contributed by atoms with Gasteiger partial charge >= 0.3 is 0 Å². The number of rotatable bonds is 3. The Hall–Kier alpha value is -1.14. The Kier molecular flexibility index (Phi) is 3.81. The molecular weight excluding hydrogens is 305 g/mol. The van der Waals surface area contributed by atoms with Gasteiger partial charge < -0.3 is 5.32 Å². The Morgan fingerprint density at radius 3 is 2.45 bits per heavy atom. The van der Waals surface area contributed by atoms with Crippen LogP contribution in [0.2, 0.25) is 0 Å². The molecule has 7 heteroatoms. The van der Waals surface area contributed by atoms with Crippen molar-refractivity contribution in [2.24, 2.45) is 0 Å². The fourth-order valence-electron chi connectivity index (χ4n) is 2.22. The lowest BCUT2D eigenvalue weighted by molar-refractivity contribution is 0.0849. The van der Waals surface area contributed by atoms with Gasteiger partial charge in [-0.05, 0) is 45.2 Å². The van der Waals surface area contributed by atoms with Crippen molar-refractivity contribution < 1.29 is 17.6 Å². The molecule has 0 aromatic heterocycles. The number of carbonyl (C=O) groups is 1. The minimum Gasteiger partial charge on any atom is -0.347 e. The lowest BCUT2D eigenvalue weighted by atomic mass is 9.78. The fourth-order valence-corrected chi connectivity index (χ4v) is 3.43. The van der Waals surface area contributed by atoms with E-state index in [2.05, 4.69) is 5.32 Å². The van der Waals surface area contributed by atoms with Crippen LogP contribution in [0.3, 0.4) is 0 Å².